The van der Waals surface area contributed by atoms with Crippen LogP contribution in [0.3, 0.4) is 0 Å². The van der Waals surface area contributed by atoms with Gasteiger partial charge in [-0.05, 0) is 6.07 Å². The molecule has 9 heteroatoms. The lowest BCUT2D eigenvalue weighted by molar-refractivity contribution is -0.144. The first-order valence-electron chi connectivity index (χ1n) is 7.71. The summed E-state index contributed by atoms with van der Waals surface area (Å²) >= 11 is 0. The lowest BCUT2D eigenvalue weighted by Crippen LogP contribution is -2.53. The number of guanidine groups is 1. The van der Waals surface area contributed by atoms with Gasteiger partial charge in [-0.25, -0.2) is 9.97 Å². The fourth-order valence-electron chi connectivity index (χ4n) is 2.43. The van der Waals surface area contributed by atoms with E-state index in [2.05, 4.69) is 30.1 Å². The van der Waals surface area contributed by atoms with Crippen LogP contribution in [0.2, 0.25) is 0 Å². The fraction of sp³-hybridized carbons (Fsp3) is 0.600. The Morgan fingerprint density at radius 3 is 2.50 bits per heavy atom. The largest absolute Gasteiger partial charge is 0.469 e. The second kappa shape index (κ2) is 10.3. The van der Waals surface area contributed by atoms with Gasteiger partial charge in [0, 0.05) is 52.2 Å². The van der Waals surface area contributed by atoms with Gasteiger partial charge in [-0.2, -0.15) is 0 Å². The van der Waals surface area contributed by atoms with Gasteiger partial charge in [0.1, 0.15) is 0 Å². The molecule has 2 rings (SSSR count). The number of nitrogens with one attached hydrogen (secondary N) is 1. The average molecular weight is 448 g/mol. The summed E-state index contributed by atoms with van der Waals surface area (Å²) in [6, 6.07) is 1.81. The summed E-state index contributed by atoms with van der Waals surface area (Å²) < 4.78 is 4.73. The Labute approximate surface area is 159 Å². The Kier molecular flexibility index (Phi) is 8.72. The van der Waals surface area contributed by atoms with Gasteiger partial charge >= 0.3 is 5.97 Å². The van der Waals surface area contributed by atoms with Gasteiger partial charge in [-0.3, -0.25) is 9.79 Å². The van der Waals surface area contributed by atoms with Crippen LogP contribution >= 0.6 is 24.0 Å². The molecule has 0 amide bonds. The van der Waals surface area contributed by atoms with E-state index in [9.17, 15) is 4.79 Å². The number of piperazine rings is 1. The maximum atomic E-state index is 11.5. The summed E-state index contributed by atoms with van der Waals surface area (Å²) in [4.78, 5) is 28.6. The Bertz CT molecular complexity index is 534. The Balaban J connectivity index is 0.00000288. The third kappa shape index (κ3) is 5.46. The van der Waals surface area contributed by atoms with Gasteiger partial charge < -0.3 is 19.9 Å². The molecular weight excluding hydrogens is 423 g/mol. The number of aliphatic imine (C=N–C) groups is 1. The van der Waals surface area contributed by atoms with Gasteiger partial charge in [0.05, 0.1) is 13.0 Å². The molecule has 1 N–H and O–H groups in total. The highest BCUT2D eigenvalue weighted by Crippen LogP contribution is 2.09. The summed E-state index contributed by atoms with van der Waals surface area (Å²) in [6.07, 6.45) is 3.51. The predicted molar refractivity (Wildman–Crippen MR) is 104 cm³/mol. The van der Waals surface area contributed by atoms with Gasteiger partial charge in [0.15, 0.2) is 5.96 Å². The number of nitrogens with zero attached hydrogens (tertiary/aromatic N) is 5. The predicted octanol–water partition coefficient (Wildman–Crippen LogP) is 0.601. The number of halogens is 1. The maximum absolute atomic E-state index is 11.5. The van der Waals surface area contributed by atoms with Gasteiger partial charge in [-0.15, -0.1) is 24.0 Å². The van der Waals surface area contributed by atoms with E-state index in [0.717, 1.165) is 38.1 Å². The molecule has 1 saturated heterocycles. The number of hydrogen-bond donors (Lipinski definition) is 1. The zero-order valence-electron chi connectivity index (χ0n) is 14.3. The summed E-state index contributed by atoms with van der Waals surface area (Å²) in [6.45, 7) is 5.64. The molecule has 1 fully saturated rings. The smallest absolute Gasteiger partial charge is 0.310 e. The van der Waals surface area contributed by atoms with Crippen LogP contribution in [0.15, 0.2) is 23.5 Å². The first-order valence-corrected chi connectivity index (χ1v) is 7.71. The molecule has 0 aliphatic carbocycles. The van der Waals surface area contributed by atoms with E-state index < -0.39 is 0 Å². The molecule has 0 bridgehead atoms. The molecule has 1 aliphatic rings. The molecule has 0 spiro atoms. The van der Waals surface area contributed by atoms with E-state index in [1.54, 1.807) is 19.4 Å². The van der Waals surface area contributed by atoms with Crippen LogP contribution < -0.4 is 10.2 Å². The van der Waals surface area contributed by atoms with Crippen LogP contribution in [0.4, 0.5) is 5.95 Å². The number of ether oxygens (including phenoxy) is 1. The lowest BCUT2D eigenvalue weighted by atomic mass is 10.2. The van der Waals surface area contributed by atoms with Crippen LogP contribution in [0.25, 0.3) is 0 Å². The standard InChI is InChI=1S/C15H24N6O2.HI/c1-12(13(22)23-3)11-19-14(16-2)20-7-9-21(10-8-20)15-17-5-4-6-18-15;/h4-6,12H,7-11H2,1-3H3,(H,16,19);1H. The van der Waals surface area contributed by atoms with Crippen LogP contribution in [0, 0.1) is 5.92 Å². The van der Waals surface area contributed by atoms with Crippen LogP contribution in [0.5, 0.6) is 0 Å². The molecule has 1 atom stereocenters. The SMILES string of the molecule is CN=C(NCC(C)C(=O)OC)N1CCN(c2ncccn2)CC1.I. The van der Waals surface area contributed by atoms with Crippen molar-refractivity contribution in [1.82, 2.24) is 20.2 Å². The van der Waals surface area contributed by atoms with Crippen molar-refractivity contribution in [2.75, 3.05) is 51.8 Å². The Morgan fingerprint density at radius 1 is 1.33 bits per heavy atom. The molecule has 0 saturated carbocycles. The highest BCUT2D eigenvalue weighted by Gasteiger charge is 2.22. The van der Waals surface area contributed by atoms with E-state index in [0.29, 0.717) is 6.54 Å². The number of anilines is 1. The van der Waals surface area contributed by atoms with Crippen LogP contribution in [-0.4, -0.2) is 73.7 Å². The zero-order valence-corrected chi connectivity index (χ0v) is 16.6. The number of aromatic nitrogens is 2. The van der Waals surface area contributed by atoms with E-state index in [4.69, 9.17) is 4.74 Å². The van der Waals surface area contributed by atoms with Crippen molar-refractivity contribution < 1.29 is 9.53 Å². The van der Waals surface area contributed by atoms with Crippen molar-refractivity contribution in [3.63, 3.8) is 0 Å². The Morgan fingerprint density at radius 2 is 1.96 bits per heavy atom. The molecule has 1 unspecified atom stereocenters. The number of rotatable bonds is 4. The van der Waals surface area contributed by atoms with E-state index in [1.165, 1.54) is 7.11 Å². The van der Waals surface area contributed by atoms with Crippen molar-refractivity contribution in [2.24, 2.45) is 10.9 Å². The van der Waals surface area contributed by atoms with Crippen molar-refractivity contribution in [3.8, 4) is 0 Å². The van der Waals surface area contributed by atoms with Crippen molar-refractivity contribution in [3.05, 3.63) is 18.5 Å². The summed E-state index contributed by atoms with van der Waals surface area (Å²) in [5.41, 5.74) is 0. The molecular formula is C15H25IN6O2. The summed E-state index contributed by atoms with van der Waals surface area (Å²) in [5, 5.41) is 3.23. The van der Waals surface area contributed by atoms with Crippen LogP contribution in [-0.2, 0) is 9.53 Å². The minimum atomic E-state index is -0.223. The molecule has 134 valence electrons. The number of hydrogen-bond acceptors (Lipinski definition) is 6. The molecule has 2 heterocycles. The lowest BCUT2D eigenvalue weighted by Gasteiger charge is -2.36. The third-order valence-corrected chi connectivity index (χ3v) is 3.80. The van der Waals surface area contributed by atoms with Gasteiger partial charge in [-0.1, -0.05) is 6.92 Å². The van der Waals surface area contributed by atoms with E-state index in [1.807, 2.05) is 13.0 Å². The molecule has 0 aromatic carbocycles. The number of carbonyl (C=O) groups is 1. The Hall–Kier alpha value is -1.65. The second-order valence-corrected chi connectivity index (χ2v) is 5.38. The summed E-state index contributed by atoms with van der Waals surface area (Å²) in [5.74, 6) is 1.12. The monoisotopic (exact) mass is 448 g/mol. The minimum absolute atomic E-state index is 0. The zero-order chi connectivity index (χ0) is 16.7. The highest BCUT2D eigenvalue weighted by atomic mass is 127. The molecule has 24 heavy (non-hydrogen) atoms. The number of methoxy groups -OCH3 is 1. The molecule has 1 aromatic heterocycles. The van der Waals surface area contributed by atoms with Gasteiger partial charge in [0.2, 0.25) is 5.95 Å². The average Bonchev–Trinajstić information content (AvgIpc) is 2.62. The normalized spacial score (nSPS) is 16.2. The third-order valence-electron chi connectivity index (χ3n) is 3.80. The quantitative estimate of drug-likeness (QED) is 0.313. The molecule has 1 aromatic rings. The van der Waals surface area contributed by atoms with E-state index in [-0.39, 0.29) is 35.9 Å². The fourth-order valence-corrected chi connectivity index (χ4v) is 2.43. The van der Waals surface area contributed by atoms with E-state index >= 15 is 0 Å². The topological polar surface area (TPSA) is 83.0 Å². The molecule has 1 aliphatic heterocycles. The minimum Gasteiger partial charge on any atom is -0.469 e. The molecule has 8 nitrogen and oxygen atoms in total. The first kappa shape index (κ1) is 20.4. The molecule has 0 radical (unpaired) electrons. The summed E-state index contributed by atoms with van der Waals surface area (Å²) in [7, 11) is 3.15. The highest BCUT2D eigenvalue weighted by molar-refractivity contribution is 14.0. The van der Waals surface area contributed by atoms with Gasteiger partial charge in [0.25, 0.3) is 0 Å². The number of carbonyl (C=O) groups excluding carboxylic acids is 1. The maximum Gasteiger partial charge on any atom is 0.310 e. The van der Waals surface area contributed by atoms with Crippen LogP contribution in [0.1, 0.15) is 6.92 Å². The van der Waals surface area contributed by atoms with Crippen molar-refractivity contribution in [1.29, 1.82) is 0 Å². The van der Waals surface area contributed by atoms with Crippen molar-refractivity contribution in [2.45, 2.75) is 6.92 Å². The number of esters is 1. The first-order chi connectivity index (χ1) is 11.2. The second-order valence-electron chi connectivity index (χ2n) is 5.38. The van der Waals surface area contributed by atoms with Crippen molar-refractivity contribution >= 4 is 41.9 Å².